The minimum absolute atomic E-state index is 0. The van der Waals surface area contributed by atoms with Crippen LogP contribution in [-0.4, -0.2) is 24.0 Å². The number of rotatable bonds is 3. The molecule has 2 nitrogen and oxygen atoms in total. The van der Waals surface area contributed by atoms with Crippen LogP contribution in [0.3, 0.4) is 0 Å². The first kappa shape index (κ1) is 16.5. The Morgan fingerprint density at radius 2 is 1.67 bits per heavy atom. The molecule has 1 aliphatic rings. The van der Waals surface area contributed by atoms with Crippen molar-refractivity contribution in [2.75, 3.05) is 13.1 Å². The van der Waals surface area contributed by atoms with Gasteiger partial charge in [0, 0.05) is 36.1 Å². The van der Waals surface area contributed by atoms with Gasteiger partial charge in [-0.15, -0.1) is 12.4 Å². The Hall–Kier alpha value is -0.870. The molecule has 1 fully saturated rings. The van der Waals surface area contributed by atoms with Crippen molar-refractivity contribution in [1.29, 1.82) is 0 Å². The molecule has 2 aromatic carbocycles. The molecule has 3 rings (SSSR count). The third kappa shape index (κ3) is 3.86. The van der Waals surface area contributed by atoms with Gasteiger partial charge in [-0.1, -0.05) is 64.5 Å². The van der Waals surface area contributed by atoms with E-state index in [9.17, 15) is 0 Å². The zero-order valence-corrected chi connectivity index (χ0v) is 14.2. The minimum Gasteiger partial charge on any atom is -0.326 e. The van der Waals surface area contributed by atoms with Gasteiger partial charge in [0.05, 0.1) is 0 Å². The molecule has 1 heterocycles. The molecule has 0 aliphatic carbocycles. The van der Waals surface area contributed by atoms with Crippen LogP contribution < -0.4 is 5.73 Å². The summed E-state index contributed by atoms with van der Waals surface area (Å²) in [4.78, 5) is 2.45. The fourth-order valence-corrected chi connectivity index (χ4v) is 3.37. The molecule has 2 aromatic rings. The van der Waals surface area contributed by atoms with Gasteiger partial charge in [-0.05, 0) is 17.2 Å². The molecule has 0 bridgehead atoms. The maximum Gasteiger partial charge on any atom is 0.0250 e. The molecule has 112 valence electrons. The third-order valence-electron chi connectivity index (χ3n) is 4.02. The molecular formula is C17H20BrClN2. The third-order valence-corrected chi connectivity index (χ3v) is 4.79. The zero-order valence-electron chi connectivity index (χ0n) is 11.8. The van der Waals surface area contributed by atoms with Crippen molar-refractivity contribution < 1.29 is 0 Å². The van der Waals surface area contributed by atoms with E-state index in [1.807, 2.05) is 0 Å². The molecule has 0 aromatic heterocycles. The van der Waals surface area contributed by atoms with Crippen molar-refractivity contribution in [2.24, 2.45) is 5.73 Å². The van der Waals surface area contributed by atoms with Gasteiger partial charge in [0.2, 0.25) is 0 Å². The summed E-state index contributed by atoms with van der Waals surface area (Å²) in [6, 6.07) is 19.3. The molecule has 0 amide bonds. The largest absolute Gasteiger partial charge is 0.326 e. The number of halogens is 2. The lowest BCUT2D eigenvalue weighted by Crippen LogP contribution is -2.28. The van der Waals surface area contributed by atoms with Crippen molar-refractivity contribution in [3.8, 4) is 0 Å². The SMILES string of the molecule is Cl.N[C@@H]1CN(Cc2ccccc2Br)C[C@H]1c1ccccc1. The van der Waals surface area contributed by atoms with Crippen molar-refractivity contribution in [3.05, 3.63) is 70.2 Å². The van der Waals surface area contributed by atoms with E-state index >= 15 is 0 Å². The minimum atomic E-state index is 0. The Balaban J connectivity index is 0.00000161. The molecule has 21 heavy (non-hydrogen) atoms. The van der Waals surface area contributed by atoms with Gasteiger partial charge in [-0.2, -0.15) is 0 Å². The second kappa shape index (κ2) is 7.41. The second-order valence-corrected chi connectivity index (χ2v) is 6.32. The molecule has 0 radical (unpaired) electrons. The normalized spacial score (nSPS) is 22.0. The summed E-state index contributed by atoms with van der Waals surface area (Å²) in [6.07, 6.45) is 0. The molecule has 1 saturated heterocycles. The lowest BCUT2D eigenvalue weighted by atomic mass is 9.95. The van der Waals surface area contributed by atoms with Crippen molar-refractivity contribution in [3.63, 3.8) is 0 Å². The van der Waals surface area contributed by atoms with Gasteiger partial charge in [-0.25, -0.2) is 0 Å². The molecule has 4 heteroatoms. The molecule has 2 N–H and O–H groups in total. The van der Waals surface area contributed by atoms with E-state index < -0.39 is 0 Å². The summed E-state index contributed by atoms with van der Waals surface area (Å²) >= 11 is 3.62. The van der Waals surface area contributed by atoms with Gasteiger partial charge < -0.3 is 5.73 Å². The van der Waals surface area contributed by atoms with Gasteiger partial charge in [0.25, 0.3) is 0 Å². The highest BCUT2D eigenvalue weighted by atomic mass is 79.9. The van der Waals surface area contributed by atoms with Crippen molar-refractivity contribution in [1.82, 2.24) is 4.90 Å². The topological polar surface area (TPSA) is 29.3 Å². The Bertz CT molecular complexity index is 576. The summed E-state index contributed by atoms with van der Waals surface area (Å²) in [6.45, 7) is 2.95. The van der Waals surface area contributed by atoms with Crippen LogP contribution in [0.15, 0.2) is 59.1 Å². The molecule has 1 aliphatic heterocycles. The number of hydrogen-bond donors (Lipinski definition) is 1. The Kier molecular flexibility index (Phi) is 5.82. The quantitative estimate of drug-likeness (QED) is 0.894. The maximum absolute atomic E-state index is 6.34. The first-order valence-electron chi connectivity index (χ1n) is 7.00. The van der Waals surface area contributed by atoms with Crippen molar-refractivity contribution in [2.45, 2.75) is 18.5 Å². The fourth-order valence-electron chi connectivity index (χ4n) is 2.96. The smallest absolute Gasteiger partial charge is 0.0250 e. The highest BCUT2D eigenvalue weighted by Crippen LogP contribution is 2.28. The zero-order chi connectivity index (χ0) is 13.9. The highest BCUT2D eigenvalue weighted by Gasteiger charge is 2.31. The summed E-state index contributed by atoms with van der Waals surface area (Å²) in [5, 5.41) is 0. The predicted octanol–water partition coefficient (Wildman–Crippen LogP) is 3.80. The van der Waals surface area contributed by atoms with Crippen LogP contribution in [-0.2, 0) is 6.54 Å². The second-order valence-electron chi connectivity index (χ2n) is 5.47. The van der Waals surface area contributed by atoms with Gasteiger partial charge in [0.15, 0.2) is 0 Å². The van der Waals surface area contributed by atoms with Gasteiger partial charge in [-0.3, -0.25) is 4.90 Å². The standard InChI is InChI=1S/C17H19BrN2.ClH/c18-16-9-5-4-8-14(16)10-20-11-15(17(19)12-20)13-6-2-1-3-7-13;/h1-9,15,17H,10-12,19H2;1H/t15-,17+;/m0./s1. The summed E-state index contributed by atoms with van der Waals surface area (Å²) < 4.78 is 1.18. The number of hydrogen-bond acceptors (Lipinski definition) is 2. The average Bonchev–Trinajstić information content (AvgIpc) is 2.83. The number of benzene rings is 2. The Labute approximate surface area is 140 Å². The Morgan fingerprint density at radius 1 is 1.00 bits per heavy atom. The van der Waals surface area contributed by atoms with Gasteiger partial charge >= 0.3 is 0 Å². The lowest BCUT2D eigenvalue weighted by Gasteiger charge is -2.17. The van der Waals surface area contributed by atoms with E-state index in [0.29, 0.717) is 5.92 Å². The van der Waals surface area contributed by atoms with E-state index in [4.69, 9.17) is 5.73 Å². The molecule has 2 atom stereocenters. The number of nitrogens with zero attached hydrogens (tertiary/aromatic N) is 1. The highest BCUT2D eigenvalue weighted by molar-refractivity contribution is 9.10. The van der Waals surface area contributed by atoms with Gasteiger partial charge in [0.1, 0.15) is 0 Å². The summed E-state index contributed by atoms with van der Waals surface area (Å²) in [5.41, 5.74) is 9.02. The number of nitrogens with two attached hydrogens (primary N) is 1. The average molecular weight is 368 g/mol. The van der Waals surface area contributed by atoms with Crippen LogP contribution in [0.2, 0.25) is 0 Å². The predicted molar refractivity (Wildman–Crippen MR) is 93.8 cm³/mol. The van der Waals surface area contributed by atoms with E-state index in [-0.39, 0.29) is 18.4 Å². The molecule has 0 unspecified atom stereocenters. The number of likely N-dealkylation sites (tertiary alicyclic amines) is 1. The first-order chi connectivity index (χ1) is 9.74. The monoisotopic (exact) mass is 366 g/mol. The van der Waals surface area contributed by atoms with Crippen molar-refractivity contribution >= 4 is 28.3 Å². The van der Waals surface area contributed by atoms with Crippen LogP contribution in [0.5, 0.6) is 0 Å². The fraction of sp³-hybridized carbons (Fsp3) is 0.294. The lowest BCUT2D eigenvalue weighted by molar-refractivity contribution is 0.323. The molecule has 0 saturated carbocycles. The summed E-state index contributed by atoms with van der Waals surface area (Å²) in [5.74, 6) is 0.443. The Morgan fingerprint density at radius 3 is 2.38 bits per heavy atom. The maximum atomic E-state index is 6.34. The molecular weight excluding hydrogens is 348 g/mol. The van der Waals surface area contributed by atoms with Crippen LogP contribution >= 0.6 is 28.3 Å². The van der Waals surface area contributed by atoms with Crippen LogP contribution in [0, 0.1) is 0 Å². The van der Waals surface area contributed by atoms with E-state index in [1.54, 1.807) is 0 Å². The van der Waals surface area contributed by atoms with Crippen LogP contribution in [0.25, 0.3) is 0 Å². The van der Waals surface area contributed by atoms with E-state index in [2.05, 4.69) is 75.4 Å². The molecule has 0 spiro atoms. The first-order valence-corrected chi connectivity index (χ1v) is 7.79. The summed E-state index contributed by atoms with van der Waals surface area (Å²) in [7, 11) is 0. The van der Waals surface area contributed by atoms with Crippen LogP contribution in [0.1, 0.15) is 17.0 Å². The van der Waals surface area contributed by atoms with E-state index in [0.717, 1.165) is 19.6 Å². The van der Waals surface area contributed by atoms with E-state index in [1.165, 1.54) is 15.6 Å². The van der Waals surface area contributed by atoms with Crippen LogP contribution in [0.4, 0.5) is 0 Å².